The molecule has 150 valence electrons. The van der Waals surface area contributed by atoms with Crippen molar-refractivity contribution in [1.82, 2.24) is 4.98 Å². The Morgan fingerprint density at radius 3 is 2.55 bits per heavy atom. The van der Waals surface area contributed by atoms with Crippen molar-refractivity contribution >= 4 is 28.2 Å². The standard InChI is InChI=1S/C20H19N3O5S/c1-27-12-11-22(20(24)28-13-15-5-3-2-4-6-15)19-21-18(14-29-19)16-7-9-17(10-8-16)23(25)26/h2-10,14H,11-13H2,1H3. The Balaban J connectivity index is 1.74. The number of non-ortho nitro benzene ring substituents is 1. The van der Waals surface area contributed by atoms with E-state index < -0.39 is 11.0 Å². The summed E-state index contributed by atoms with van der Waals surface area (Å²) in [7, 11) is 1.55. The van der Waals surface area contributed by atoms with Gasteiger partial charge in [0.25, 0.3) is 5.69 Å². The Bertz CT molecular complexity index is 960. The van der Waals surface area contributed by atoms with Crippen molar-refractivity contribution in [2.45, 2.75) is 6.61 Å². The van der Waals surface area contributed by atoms with Crippen molar-refractivity contribution in [3.8, 4) is 11.3 Å². The van der Waals surface area contributed by atoms with E-state index >= 15 is 0 Å². The van der Waals surface area contributed by atoms with Gasteiger partial charge in [-0.1, -0.05) is 30.3 Å². The van der Waals surface area contributed by atoms with E-state index in [9.17, 15) is 14.9 Å². The van der Waals surface area contributed by atoms with E-state index in [0.29, 0.717) is 17.4 Å². The summed E-state index contributed by atoms with van der Waals surface area (Å²) in [6.07, 6.45) is -0.518. The molecule has 0 saturated carbocycles. The second-order valence-corrected chi connectivity index (χ2v) is 6.84. The van der Waals surface area contributed by atoms with E-state index in [2.05, 4.69) is 4.98 Å². The molecule has 0 aliphatic heterocycles. The number of hydrogen-bond donors (Lipinski definition) is 0. The molecule has 29 heavy (non-hydrogen) atoms. The van der Waals surface area contributed by atoms with Crippen LogP contribution >= 0.6 is 11.3 Å². The Hall–Kier alpha value is -3.30. The van der Waals surface area contributed by atoms with Crippen molar-refractivity contribution < 1.29 is 19.2 Å². The highest BCUT2D eigenvalue weighted by atomic mass is 32.1. The van der Waals surface area contributed by atoms with Crippen molar-refractivity contribution in [3.63, 3.8) is 0 Å². The summed E-state index contributed by atoms with van der Waals surface area (Å²) in [5.74, 6) is 0. The number of rotatable bonds is 8. The maximum absolute atomic E-state index is 12.6. The van der Waals surface area contributed by atoms with Gasteiger partial charge in [-0.25, -0.2) is 9.78 Å². The predicted molar refractivity (Wildman–Crippen MR) is 110 cm³/mol. The normalized spacial score (nSPS) is 10.5. The lowest BCUT2D eigenvalue weighted by molar-refractivity contribution is -0.384. The highest BCUT2D eigenvalue weighted by Crippen LogP contribution is 2.29. The molecule has 3 aromatic rings. The van der Waals surface area contributed by atoms with Crippen LogP contribution in [0.25, 0.3) is 11.3 Å². The molecule has 0 fully saturated rings. The molecule has 0 aliphatic rings. The van der Waals surface area contributed by atoms with E-state index in [4.69, 9.17) is 9.47 Å². The van der Waals surface area contributed by atoms with Crippen LogP contribution in [-0.2, 0) is 16.1 Å². The minimum Gasteiger partial charge on any atom is -0.444 e. The molecule has 1 amide bonds. The van der Waals surface area contributed by atoms with Crippen LogP contribution in [0, 0.1) is 10.1 Å². The largest absolute Gasteiger partial charge is 0.444 e. The second-order valence-electron chi connectivity index (χ2n) is 6.00. The number of ether oxygens (including phenoxy) is 2. The number of nitro benzene ring substituents is 1. The number of anilines is 1. The van der Waals surface area contributed by atoms with Crippen molar-refractivity contribution in [1.29, 1.82) is 0 Å². The first-order chi connectivity index (χ1) is 14.1. The number of hydrogen-bond acceptors (Lipinski definition) is 7. The van der Waals surface area contributed by atoms with E-state index in [1.54, 1.807) is 24.6 Å². The summed E-state index contributed by atoms with van der Waals surface area (Å²) >= 11 is 1.29. The van der Waals surface area contributed by atoms with Gasteiger partial charge in [-0.2, -0.15) is 0 Å². The lowest BCUT2D eigenvalue weighted by atomic mass is 10.1. The van der Waals surface area contributed by atoms with Gasteiger partial charge in [0.2, 0.25) is 0 Å². The van der Waals surface area contributed by atoms with Gasteiger partial charge in [-0.15, -0.1) is 11.3 Å². The monoisotopic (exact) mass is 413 g/mol. The maximum atomic E-state index is 12.6. The number of nitro groups is 1. The molecule has 8 nitrogen and oxygen atoms in total. The molecule has 0 atom stereocenters. The van der Waals surface area contributed by atoms with E-state index in [1.165, 1.54) is 28.4 Å². The van der Waals surface area contributed by atoms with E-state index in [0.717, 1.165) is 11.1 Å². The van der Waals surface area contributed by atoms with Gasteiger partial charge < -0.3 is 9.47 Å². The first-order valence-electron chi connectivity index (χ1n) is 8.76. The van der Waals surface area contributed by atoms with Gasteiger partial charge in [0.05, 0.1) is 23.8 Å². The fraction of sp³-hybridized carbons (Fsp3) is 0.200. The minimum absolute atomic E-state index is 0.00964. The van der Waals surface area contributed by atoms with E-state index in [-0.39, 0.29) is 18.8 Å². The third kappa shape index (κ3) is 5.37. The number of methoxy groups -OCH3 is 1. The topological polar surface area (TPSA) is 94.8 Å². The van der Waals surface area contributed by atoms with Crippen LogP contribution in [-0.4, -0.2) is 36.3 Å². The molecule has 1 heterocycles. The first-order valence-corrected chi connectivity index (χ1v) is 9.64. The van der Waals surface area contributed by atoms with Gasteiger partial charge in [0.15, 0.2) is 5.13 Å². The summed E-state index contributed by atoms with van der Waals surface area (Å²) in [5, 5.41) is 13.1. The highest BCUT2D eigenvalue weighted by Gasteiger charge is 2.21. The molecule has 0 N–H and O–H groups in total. The highest BCUT2D eigenvalue weighted by molar-refractivity contribution is 7.14. The summed E-state index contributed by atoms with van der Waals surface area (Å²) in [4.78, 5) is 28.9. The molecule has 1 aromatic heterocycles. The van der Waals surface area contributed by atoms with Crippen molar-refractivity contribution in [2.24, 2.45) is 0 Å². The average Bonchev–Trinajstić information content (AvgIpc) is 3.23. The van der Waals surface area contributed by atoms with Crippen LogP contribution in [0.5, 0.6) is 0 Å². The number of nitrogens with zero attached hydrogens (tertiary/aromatic N) is 3. The molecule has 2 aromatic carbocycles. The van der Waals surface area contributed by atoms with Gasteiger partial charge in [0, 0.05) is 30.2 Å². The molecule has 3 rings (SSSR count). The van der Waals surface area contributed by atoms with Gasteiger partial charge in [-0.05, 0) is 17.7 Å². The summed E-state index contributed by atoms with van der Waals surface area (Å²) in [6.45, 7) is 0.772. The summed E-state index contributed by atoms with van der Waals surface area (Å²) in [5.41, 5.74) is 2.24. The van der Waals surface area contributed by atoms with Crippen LogP contribution in [0.1, 0.15) is 5.56 Å². The zero-order chi connectivity index (χ0) is 20.6. The molecule has 0 saturated heterocycles. The molecular weight excluding hydrogens is 394 g/mol. The third-order valence-electron chi connectivity index (χ3n) is 4.04. The average molecular weight is 413 g/mol. The number of amides is 1. The predicted octanol–water partition coefficient (Wildman–Crippen LogP) is 4.51. The van der Waals surface area contributed by atoms with Crippen LogP contribution < -0.4 is 4.90 Å². The second kappa shape index (κ2) is 9.76. The Kier molecular flexibility index (Phi) is 6.88. The molecule has 0 aliphatic carbocycles. The lowest BCUT2D eigenvalue weighted by Gasteiger charge is -2.19. The Labute approximate surface area is 171 Å². The minimum atomic E-state index is -0.518. The van der Waals surface area contributed by atoms with Crippen LogP contribution in [0.3, 0.4) is 0 Å². The molecule has 0 radical (unpaired) electrons. The van der Waals surface area contributed by atoms with Crippen LogP contribution in [0.15, 0.2) is 60.0 Å². The van der Waals surface area contributed by atoms with Crippen molar-refractivity contribution in [3.05, 3.63) is 75.7 Å². The lowest BCUT2D eigenvalue weighted by Crippen LogP contribution is -2.34. The maximum Gasteiger partial charge on any atom is 0.416 e. The number of aromatic nitrogens is 1. The molecule has 0 bridgehead atoms. The SMILES string of the molecule is COCCN(C(=O)OCc1ccccc1)c1nc(-c2ccc([N+](=O)[O-])cc2)cs1. The van der Waals surface area contributed by atoms with Crippen LogP contribution in [0.2, 0.25) is 0 Å². The third-order valence-corrected chi connectivity index (χ3v) is 4.90. The fourth-order valence-electron chi connectivity index (χ4n) is 2.52. The Morgan fingerprint density at radius 1 is 1.17 bits per heavy atom. The number of carbonyl (C=O) groups excluding carboxylic acids is 1. The van der Waals surface area contributed by atoms with Gasteiger partial charge in [0.1, 0.15) is 6.61 Å². The first kappa shape index (κ1) is 20.4. The molecule has 0 spiro atoms. The van der Waals surface area contributed by atoms with Gasteiger partial charge in [-0.3, -0.25) is 15.0 Å². The number of thiazole rings is 1. The molecule has 9 heteroatoms. The summed E-state index contributed by atoms with van der Waals surface area (Å²) < 4.78 is 10.5. The molecule has 0 unspecified atom stereocenters. The Morgan fingerprint density at radius 2 is 1.90 bits per heavy atom. The smallest absolute Gasteiger partial charge is 0.416 e. The summed E-state index contributed by atoms with van der Waals surface area (Å²) in [6, 6.07) is 15.5. The quantitative estimate of drug-likeness (QED) is 0.398. The number of carbonyl (C=O) groups is 1. The zero-order valence-corrected chi connectivity index (χ0v) is 16.5. The van der Waals surface area contributed by atoms with Crippen LogP contribution in [0.4, 0.5) is 15.6 Å². The fourth-order valence-corrected chi connectivity index (χ4v) is 3.37. The number of benzene rings is 2. The molecular formula is C20H19N3O5S. The van der Waals surface area contributed by atoms with Crippen molar-refractivity contribution in [2.75, 3.05) is 25.2 Å². The zero-order valence-electron chi connectivity index (χ0n) is 15.7. The van der Waals surface area contributed by atoms with E-state index in [1.807, 2.05) is 30.3 Å². The van der Waals surface area contributed by atoms with Gasteiger partial charge >= 0.3 is 6.09 Å².